The molecule has 110 valence electrons. The Morgan fingerprint density at radius 3 is 2.68 bits per heavy atom. The summed E-state index contributed by atoms with van der Waals surface area (Å²) in [5.41, 5.74) is 2.45. The number of ether oxygens (including phenoxy) is 1. The predicted octanol–water partition coefficient (Wildman–Crippen LogP) is 2.85. The Balaban J connectivity index is 1.91. The van der Waals surface area contributed by atoms with Crippen molar-refractivity contribution < 1.29 is 4.74 Å². The van der Waals surface area contributed by atoms with Crippen LogP contribution in [0.3, 0.4) is 0 Å². The van der Waals surface area contributed by atoms with Crippen LogP contribution in [0.5, 0.6) is 5.75 Å². The van der Waals surface area contributed by atoms with Gasteiger partial charge in [0.1, 0.15) is 17.5 Å². The van der Waals surface area contributed by atoms with E-state index < -0.39 is 0 Å². The Labute approximate surface area is 129 Å². The fraction of sp³-hybridized carbons (Fsp3) is 0.176. The monoisotopic (exact) mass is 292 g/mol. The van der Waals surface area contributed by atoms with Gasteiger partial charge in [-0.15, -0.1) is 0 Å². The summed E-state index contributed by atoms with van der Waals surface area (Å²) in [6, 6.07) is 15.8. The van der Waals surface area contributed by atoms with Crippen molar-refractivity contribution in [3.63, 3.8) is 0 Å². The number of rotatable bonds is 4. The molecule has 0 aliphatic rings. The summed E-state index contributed by atoms with van der Waals surface area (Å²) in [5.74, 6) is 1.52. The van der Waals surface area contributed by atoms with E-state index >= 15 is 0 Å². The van der Waals surface area contributed by atoms with E-state index in [-0.39, 0.29) is 0 Å². The van der Waals surface area contributed by atoms with Crippen LogP contribution >= 0.6 is 0 Å². The lowest BCUT2D eigenvalue weighted by molar-refractivity contribution is 0.414. The molecule has 0 aliphatic carbocycles. The maximum atomic E-state index is 9.43. The maximum Gasteiger partial charge on any atom is 0.169 e. The average Bonchev–Trinajstić information content (AvgIpc) is 2.94. The number of nitriles is 1. The van der Waals surface area contributed by atoms with Gasteiger partial charge >= 0.3 is 0 Å². The van der Waals surface area contributed by atoms with Crippen molar-refractivity contribution in [3.8, 4) is 11.8 Å². The molecule has 2 aromatic heterocycles. The first-order valence-electron chi connectivity index (χ1n) is 6.94. The van der Waals surface area contributed by atoms with Crippen LogP contribution in [0.2, 0.25) is 0 Å². The largest absolute Gasteiger partial charge is 0.497 e. The van der Waals surface area contributed by atoms with E-state index in [0.717, 1.165) is 17.0 Å². The molecule has 0 amide bonds. The van der Waals surface area contributed by atoms with Gasteiger partial charge in [0.05, 0.1) is 7.11 Å². The van der Waals surface area contributed by atoms with Crippen molar-refractivity contribution in [2.24, 2.45) is 0 Å². The molecule has 0 aliphatic heterocycles. The predicted molar refractivity (Wildman–Crippen MR) is 85.0 cm³/mol. The first-order valence-corrected chi connectivity index (χ1v) is 6.94. The molecule has 0 fully saturated rings. The highest BCUT2D eigenvalue weighted by Gasteiger charge is 2.15. The van der Waals surface area contributed by atoms with Crippen molar-refractivity contribution in [2.75, 3.05) is 19.1 Å². The molecule has 2 heterocycles. The van der Waals surface area contributed by atoms with Crippen LogP contribution in [-0.4, -0.2) is 23.5 Å². The van der Waals surface area contributed by atoms with Crippen LogP contribution in [0.1, 0.15) is 11.3 Å². The van der Waals surface area contributed by atoms with Crippen molar-refractivity contribution in [1.82, 2.24) is 9.38 Å². The van der Waals surface area contributed by atoms with Crippen LogP contribution in [-0.2, 0) is 6.54 Å². The van der Waals surface area contributed by atoms with E-state index in [2.05, 4.69) is 11.1 Å². The summed E-state index contributed by atoms with van der Waals surface area (Å²) in [4.78, 5) is 6.53. The van der Waals surface area contributed by atoms with Gasteiger partial charge in [0.15, 0.2) is 11.5 Å². The van der Waals surface area contributed by atoms with Crippen LogP contribution in [0.25, 0.3) is 5.65 Å². The van der Waals surface area contributed by atoms with Crippen molar-refractivity contribution >= 4 is 11.5 Å². The first-order chi connectivity index (χ1) is 10.7. The Hall–Kier alpha value is -3.00. The standard InChI is InChI=1S/C17H16N4O/c1-20(12-13-6-8-14(22-2)9-7-13)17-15(11-18)21-10-4-3-5-16(21)19-17/h3-10H,12H2,1-2H3. The molecular formula is C17H16N4O. The van der Waals surface area contributed by atoms with E-state index in [1.807, 2.05) is 60.6 Å². The van der Waals surface area contributed by atoms with E-state index in [0.29, 0.717) is 18.1 Å². The molecule has 1 aromatic carbocycles. The molecule has 3 aromatic rings. The molecule has 0 bridgehead atoms. The van der Waals surface area contributed by atoms with Crippen LogP contribution in [0, 0.1) is 11.3 Å². The second kappa shape index (κ2) is 5.78. The van der Waals surface area contributed by atoms with E-state index in [1.165, 1.54) is 0 Å². The second-order valence-electron chi connectivity index (χ2n) is 5.03. The molecule has 0 saturated carbocycles. The highest BCUT2D eigenvalue weighted by Crippen LogP contribution is 2.22. The Kier molecular flexibility index (Phi) is 3.67. The summed E-state index contributed by atoms with van der Waals surface area (Å²) in [6.45, 7) is 0.669. The van der Waals surface area contributed by atoms with Gasteiger partial charge < -0.3 is 9.64 Å². The molecule has 0 N–H and O–H groups in total. The number of aromatic nitrogens is 2. The number of benzene rings is 1. The lowest BCUT2D eigenvalue weighted by Crippen LogP contribution is -2.17. The zero-order valence-corrected chi connectivity index (χ0v) is 12.5. The molecule has 22 heavy (non-hydrogen) atoms. The third-order valence-electron chi connectivity index (χ3n) is 3.56. The number of imidazole rings is 1. The molecule has 5 nitrogen and oxygen atoms in total. The van der Waals surface area contributed by atoms with Gasteiger partial charge in [0.2, 0.25) is 0 Å². The smallest absolute Gasteiger partial charge is 0.169 e. The normalized spacial score (nSPS) is 10.4. The number of hydrogen-bond donors (Lipinski definition) is 0. The molecule has 5 heteroatoms. The third kappa shape index (κ3) is 2.47. The highest BCUT2D eigenvalue weighted by atomic mass is 16.5. The van der Waals surface area contributed by atoms with Gasteiger partial charge in [-0.2, -0.15) is 5.26 Å². The van der Waals surface area contributed by atoms with Crippen molar-refractivity contribution in [3.05, 3.63) is 59.9 Å². The molecule has 0 saturated heterocycles. The van der Waals surface area contributed by atoms with Crippen LogP contribution < -0.4 is 9.64 Å². The first kappa shape index (κ1) is 14.0. The van der Waals surface area contributed by atoms with Gasteiger partial charge in [-0.1, -0.05) is 18.2 Å². The number of anilines is 1. The Morgan fingerprint density at radius 2 is 2.00 bits per heavy atom. The number of methoxy groups -OCH3 is 1. The van der Waals surface area contributed by atoms with Crippen molar-refractivity contribution in [1.29, 1.82) is 5.26 Å². The van der Waals surface area contributed by atoms with Crippen molar-refractivity contribution in [2.45, 2.75) is 6.54 Å². The number of nitrogens with zero attached hydrogens (tertiary/aromatic N) is 4. The molecule has 0 radical (unpaired) electrons. The SMILES string of the molecule is COc1ccc(CN(C)c2nc3ccccn3c2C#N)cc1. The highest BCUT2D eigenvalue weighted by molar-refractivity contribution is 5.60. The minimum atomic E-state index is 0.548. The van der Waals surface area contributed by atoms with E-state index in [9.17, 15) is 5.26 Å². The van der Waals surface area contributed by atoms with E-state index in [1.54, 1.807) is 11.5 Å². The quantitative estimate of drug-likeness (QED) is 0.742. The summed E-state index contributed by atoms with van der Waals surface area (Å²) in [6.07, 6.45) is 1.85. The molecule has 3 rings (SSSR count). The summed E-state index contributed by atoms with van der Waals surface area (Å²) < 4.78 is 6.97. The summed E-state index contributed by atoms with van der Waals surface area (Å²) in [5, 5.41) is 9.43. The lowest BCUT2D eigenvalue weighted by Gasteiger charge is -2.17. The Morgan fingerprint density at radius 1 is 1.23 bits per heavy atom. The fourth-order valence-corrected chi connectivity index (χ4v) is 2.43. The molecule has 0 unspecified atom stereocenters. The molecule has 0 spiro atoms. The van der Waals surface area contributed by atoms with Crippen LogP contribution in [0.4, 0.5) is 5.82 Å². The zero-order chi connectivity index (χ0) is 15.5. The van der Waals surface area contributed by atoms with Gasteiger partial charge in [0, 0.05) is 19.8 Å². The zero-order valence-electron chi connectivity index (χ0n) is 12.5. The number of pyridine rings is 1. The average molecular weight is 292 g/mol. The third-order valence-corrected chi connectivity index (χ3v) is 3.56. The Bertz CT molecular complexity index is 830. The molecular weight excluding hydrogens is 276 g/mol. The number of fused-ring (bicyclic) bond motifs is 1. The van der Waals surface area contributed by atoms with Gasteiger partial charge in [-0.05, 0) is 29.8 Å². The van der Waals surface area contributed by atoms with Gasteiger partial charge in [-0.25, -0.2) is 4.98 Å². The second-order valence-corrected chi connectivity index (χ2v) is 5.03. The van der Waals surface area contributed by atoms with Crippen LogP contribution in [0.15, 0.2) is 48.7 Å². The van der Waals surface area contributed by atoms with Gasteiger partial charge in [0.25, 0.3) is 0 Å². The topological polar surface area (TPSA) is 53.6 Å². The number of hydrogen-bond acceptors (Lipinski definition) is 4. The minimum Gasteiger partial charge on any atom is -0.497 e. The summed E-state index contributed by atoms with van der Waals surface area (Å²) in [7, 11) is 3.59. The lowest BCUT2D eigenvalue weighted by atomic mass is 10.2. The fourth-order valence-electron chi connectivity index (χ4n) is 2.43. The maximum absolute atomic E-state index is 9.43. The van der Waals surface area contributed by atoms with Gasteiger partial charge in [-0.3, -0.25) is 4.40 Å². The van der Waals surface area contributed by atoms with E-state index in [4.69, 9.17) is 4.74 Å². The minimum absolute atomic E-state index is 0.548. The molecule has 0 atom stereocenters. The summed E-state index contributed by atoms with van der Waals surface area (Å²) >= 11 is 0.